The van der Waals surface area contributed by atoms with Gasteiger partial charge in [0.1, 0.15) is 19.3 Å². The Labute approximate surface area is 163 Å². The Balaban J connectivity index is 1.57. The van der Waals surface area contributed by atoms with Gasteiger partial charge in [0.15, 0.2) is 11.6 Å². The van der Waals surface area contributed by atoms with E-state index >= 15 is 0 Å². The molecule has 0 saturated carbocycles. The maximum absolute atomic E-state index is 9.27. The van der Waals surface area contributed by atoms with E-state index in [0.29, 0.717) is 36.6 Å². The third-order valence-corrected chi connectivity index (χ3v) is 4.77. The van der Waals surface area contributed by atoms with Gasteiger partial charge in [0.05, 0.1) is 0 Å². The molecule has 9 nitrogen and oxygen atoms in total. The van der Waals surface area contributed by atoms with Crippen molar-refractivity contribution < 1.29 is 5.11 Å². The predicted octanol–water partition coefficient (Wildman–Crippen LogP) is 1.32. The molecule has 28 heavy (non-hydrogen) atoms. The van der Waals surface area contributed by atoms with Crippen molar-refractivity contribution in [3.63, 3.8) is 0 Å². The Morgan fingerprint density at radius 1 is 0.893 bits per heavy atom. The van der Waals surface area contributed by atoms with Gasteiger partial charge >= 0.3 is 0 Å². The second kappa shape index (κ2) is 7.81. The molecule has 1 fully saturated rings. The summed E-state index contributed by atoms with van der Waals surface area (Å²) in [7, 11) is 0. The fourth-order valence-corrected chi connectivity index (χ4v) is 3.57. The number of hydrogen-bond donors (Lipinski definition) is 1. The SMILES string of the molecule is CC1CN(c2ncnc(CO)n2)CC(C)N1c1ncnc(-c2ccccc2)n1. The Morgan fingerprint density at radius 2 is 1.57 bits per heavy atom. The largest absolute Gasteiger partial charge is 0.388 e. The molecule has 1 aliphatic rings. The molecule has 0 radical (unpaired) electrons. The van der Waals surface area contributed by atoms with E-state index < -0.39 is 0 Å². The van der Waals surface area contributed by atoms with Crippen molar-refractivity contribution >= 4 is 11.9 Å². The van der Waals surface area contributed by atoms with Crippen molar-refractivity contribution in [2.75, 3.05) is 22.9 Å². The summed E-state index contributed by atoms with van der Waals surface area (Å²) in [6, 6.07) is 10.2. The van der Waals surface area contributed by atoms with Crippen molar-refractivity contribution in [2.45, 2.75) is 32.5 Å². The summed E-state index contributed by atoms with van der Waals surface area (Å²) in [6.45, 7) is 5.48. The third kappa shape index (κ3) is 3.61. The quantitative estimate of drug-likeness (QED) is 0.719. The zero-order valence-electron chi connectivity index (χ0n) is 15.8. The van der Waals surface area contributed by atoms with Crippen LogP contribution in [0.5, 0.6) is 0 Å². The summed E-state index contributed by atoms with van der Waals surface area (Å²) in [5.41, 5.74) is 0.965. The normalized spacial score (nSPS) is 19.7. The highest BCUT2D eigenvalue weighted by Crippen LogP contribution is 2.24. The lowest BCUT2D eigenvalue weighted by atomic mass is 10.1. The molecular formula is C19H22N8O. The van der Waals surface area contributed by atoms with Gasteiger partial charge in [-0.1, -0.05) is 30.3 Å². The molecular weight excluding hydrogens is 356 g/mol. The van der Waals surface area contributed by atoms with E-state index in [2.05, 4.69) is 48.6 Å². The number of benzene rings is 1. The zero-order valence-corrected chi connectivity index (χ0v) is 15.8. The smallest absolute Gasteiger partial charge is 0.229 e. The van der Waals surface area contributed by atoms with Crippen LogP contribution in [0.4, 0.5) is 11.9 Å². The molecule has 144 valence electrons. The van der Waals surface area contributed by atoms with Crippen LogP contribution in [0.2, 0.25) is 0 Å². The second-order valence-corrected chi connectivity index (χ2v) is 6.85. The minimum Gasteiger partial charge on any atom is -0.388 e. The summed E-state index contributed by atoms with van der Waals surface area (Å²) >= 11 is 0. The van der Waals surface area contributed by atoms with Crippen molar-refractivity contribution in [1.29, 1.82) is 0 Å². The van der Waals surface area contributed by atoms with Gasteiger partial charge in [0.25, 0.3) is 0 Å². The van der Waals surface area contributed by atoms with Crippen molar-refractivity contribution in [2.24, 2.45) is 0 Å². The number of aliphatic hydroxyl groups is 1. The van der Waals surface area contributed by atoms with Crippen LogP contribution in [0.3, 0.4) is 0 Å². The Bertz CT molecular complexity index is 926. The van der Waals surface area contributed by atoms with Gasteiger partial charge in [0, 0.05) is 30.7 Å². The second-order valence-electron chi connectivity index (χ2n) is 6.85. The molecule has 9 heteroatoms. The summed E-state index contributed by atoms with van der Waals surface area (Å²) in [5.74, 6) is 2.29. The molecule has 0 amide bonds. The van der Waals surface area contributed by atoms with Gasteiger partial charge in [0.2, 0.25) is 11.9 Å². The van der Waals surface area contributed by atoms with Gasteiger partial charge < -0.3 is 14.9 Å². The molecule has 0 bridgehead atoms. The highest BCUT2D eigenvalue weighted by Gasteiger charge is 2.32. The summed E-state index contributed by atoms with van der Waals surface area (Å²) in [4.78, 5) is 30.3. The van der Waals surface area contributed by atoms with E-state index in [1.165, 1.54) is 6.33 Å². The first-order valence-corrected chi connectivity index (χ1v) is 9.22. The van der Waals surface area contributed by atoms with Crippen LogP contribution < -0.4 is 9.80 Å². The number of piperazine rings is 1. The van der Waals surface area contributed by atoms with Crippen LogP contribution in [0.25, 0.3) is 11.4 Å². The van der Waals surface area contributed by atoms with Crippen LogP contribution in [0, 0.1) is 0 Å². The summed E-state index contributed by atoms with van der Waals surface area (Å²) < 4.78 is 0. The molecule has 1 saturated heterocycles. The van der Waals surface area contributed by atoms with Crippen LogP contribution in [-0.2, 0) is 6.61 Å². The molecule has 1 aromatic carbocycles. The Morgan fingerprint density at radius 3 is 2.29 bits per heavy atom. The van der Waals surface area contributed by atoms with Gasteiger partial charge in [-0.2, -0.15) is 9.97 Å². The topological polar surface area (TPSA) is 104 Å². The van der Waals surface area contributed by atoms with Crippen LogP contribution in [-0.4, -0.2) is 60.2 Å². The minimum atomic E-state index is -0.201. The molecule has 3 aromatic rings. The number of hydrogen-bond acceptors (Lipinski definition) is 9. The van der Waals surface area contributed by atoms with Crippen LogP contribution >= 0.6 is 0 Å². The maximum Gasteiger partial charge on any atom is 0.229 e. The van der Waals surface area contributed by atoms with E-state index in [-0.39, 0.29) is 18.7 Å². The lowest BCUT2D eigenvalue weighted by Crippen LogP contribution is -2.58. The molecule has 2 unspecified atom stereocenters. The van der Waals surface area contributed by atoms with Gasteiger partial charge in [-0.05, 0) is 13.8 Å². The number of anilines is 2. The molecule has 0 aliphatic carbocycles. The van der Waals surface area contributed by atoms with Gasteiger partial charge in [-0.15, -0.1) is 0 Å². The Hall–Kier alpha value is -3.20. The van der Waals surface area contributed by atoms with Crippen molar-refractivity contribution in [1.82, 2.24) is 29.9 Å². The molecule has 4 rings (SSSR count). The molecule has 2 aromatic heterocycles. The van der Waals surface area contributed by atoms with E-state index in [4.69, 9.17) is 4.98 Å². The van der Waals surface area contributed by atoms with Crippen LogP contribution in [0.1, 0.15) is 19.7 Å². The van der Waals surface area contributed by atoms with E-state index in [1.807, 2.05) is 30.3 Å². The fourth-order valence-electron chi connectivity index (χ4n) is 3.57. The highest BCUT2D eigenvalue weighted by molar-refractivity contribution is 5.56. The lowest BCUT2D eigenvalue weighted by Gasteiger charge is -2.44. The minimum absolute atomic E-state index is 0.143. The monoisotopic (exact) mass is 378 g/mol. The number of rotatable bonds is 4. The first-order valence-electron chi connectivity index (χ1n) is 9.22. The molecule has 1 N–H and O–H groups in total. The van der Waals surface area contributed by atoms with E-state index in [9.17, 15) is 5.11 Å². The molecule has 1 aliphatic heterocycles. The average molecular weight is 378 g/mol. The Kier molecular flexibility index (Phi) is 5.07. The van der Waals surface area contributed by atoms with Crippen LogP contribution in [0.15, 0.2) is 43.0 Å². The van der Waals surface area contributed by atoms with Crippen molar-refractivity contribution in [3.05, 3.63) is 48.8 Å². The maximum atomic E-state index is 9.27. The average Bonchev–Trinajstić information content (AvgIpc) is 2.74. The number of aliphatic hydroxyl groups excluding tert-OH is 1. The standard InChI is InChI=1S/C19H22N8O/c1-13-8-26(18-22-11-20-16(10-28)24-18)9-14(2)27(13)19-23-12-21-17(25-19)15-6-4-3-5-7-15/h3-7,11-14,28H,8-10H2,1-2H3. The van der Waals surface area contributed by atoms with Crippen molar-refractivity contribution in [3.8, 4) is 11.4 Å². The third-order valence-electron chi connectivity index (χ3n) is 4.77. The zero-order chi connectivity index (χ0) is 19.5. The molecule has 0 spiro atoms. The van der Waals surface area contributed by atoms with Gasteiger partial charge in [-0.3, -0.25) is 0 Å². The summed E-state index contributed by atoms with van der Waals surface area (Å²) in [6.07, 6.45) is 3.00. The number of nitrogens with zero attached hydrogens (tertiary/aromatic N) is 8. The van der Waals surface area contributed by atoms with E-state index in [1.54, 1.807) is 6.33 Å². The summed E-state index contributed by atoms with van der Waals surface area (Å²) in [5, 5.41) is 9.27. The van der Waals surface area contributed by atoms with E-state index in [0.717, 1.165) is 5.56 Å². The first kappa shape index (κ1) is 18.2. The number of aromatic nitrogens is 6. The molecule has 3 heterocycles. The van der Waals surface area contributed by atoms with Gasteiger partial charge in [-0.25, -0.2) is 19.9 Å². The highest BCUT2D eigenvalue weighted by atomic mass is 16.3. The predicted molar refractivity (Wildman–Crippen MR) is 105 cm³/mol. The lowest BCUT2D eigenvalue weighted by molar-refractivity contribution is 0.270. The fraction of sp³-hybridized carbons (Fsp3) is 0.368. The first-order chi connectivity index (χ1) is 13.7. The molecule has 2 atom stereocenters.